The van der Waals surface area contributed by atoms with Crippen molar-refractivity contribution in [1.29, 1.82) is 0 Å². The zero-order chi connectivity index (χ0) is 10.4. The first-order valence-corrected chi connectivity index (χ1v) is 7.55. The molecule has 0 aromatic carbocycles. The zero-order valence-electron chi connectivity index (χ0n) is 9.56. The van der Waals surface area contributed by atoms with Gasteiger partial charge in [0, 0.05) is 11.0 Å². The van der Waals surface area contributed by atoms with Crippen LogP contribution in [0.25, 0.3) is 0 Å². The Bertz CT molecular complexity index is 141. The maximum Gasteiger partial charge on any atom is 0.0121 e. The summed E-state index contributed by atoms with van der Waals surface area (Å²) in [6.07, 6.45) is 5.91. The molecular formula is C12H24IN. The molecule has 0 bridgehead atoms. The Morgan fingerprint density at radius 1 is 1.29 bits per heavy atom. The third-order valence-electron chi connectivity index (χ3n) is 3.51. The Morgan fingerprint density at radius 3 is 2.43 bits per heavy atom. The van der Waals surface area contributed by atoms with E-state index in [9.17, 15) is 0 Å². The summed E-state index contributed by atoms with van der Waals surface area (Å²) in [7, 11) is 0. The molecule has 0 radical (unpaired) electrons. The fourth-order valence-corrected chi connectivity index (χ4v) is 3.05. The third-order valence-corrected chi connectivity index (χ3v) is 4.05. The molecule has 2 heteroatoms. The molecule has 0 amide bonds. The highest BCUT2D eigenvalue weighted by Crippen LogP contribution is 2.34. The van der Waals surface area contributed by atoms with Gasteiger partial charge < -0.3 is 5.32 Å². The first-order valence-electron chi connectivity index (χ1n) is 6.02. The SMILES string of the molecule is CC(C)C(CNCCI)C1CCCC1. The summed E-state index contributed by atoms with van der Waals surface area (Å²) in [6.45, 7) is 7.19. The maximum atomic E-state index is 3.59. The van der Waals surface area contributed by atoms with Crippen molar-refractivity contribution in [3.05, 3.63) is 0 Å². The molecule has 1 aliphatic rings. The van der Waals surface area contributed by atoms with Crippen molar-refractivity contribution in [2.45, 2.75) is 39.5 Å². The van der Waals surface area contributed by atoms with Gasteiger partial charge in [0.15, 0.2) is 0 Å². The van der Waals surface area contributed by atoms with Gasteiger partial charge >= 0.3 is 0 Å². The van der Waals surface area contributed by atoms with Gasteiger partial charge in [-0.1, -0.05) is 62.1 Å². The van der Waals surface area contributed by atoms with E-state index in [2.05, 4.69) is 41.8 Å². The van der Waals surface area contributed by atoms with Crippen molar-refractivity contribution in [2.75, 3.05) is 17.5 Å². The molecule has 1 N–H and O–H groups in total. The monoisotopic (exact) mass is 309 g/mol. The smallest absolute Gasteiger partial charge is 0.0121 e. The minimum absolute atomic E-state index is 0.847. The lowest BCUT2D eigenvalue weighted by molar-refractivity contribution is 0.249. The Kier molecular flexibility index (Phi) is 6.42. The fourth-order valence-electron chi connectivity index (χ4n) is 2.67. The van der Waals surface area contributed by atoms with E-state index >= 15 is 0 Å². The van der Waals surface area contributed by atoms with Gasteiger partial charge in [-0.2, -0.15) is 0 Å². The molecule has 0 heterocycles. The molecule has 1 saturated carbocycles. The second-order valence-corrected chi connectivity index (χ2v) is 5.92. The van der Waals surface area contributed by atoms with Crippen molar-refractivity contribution in [2.24, 2.45) is 17.8 Å². The van der Waals surface area contributed by atoms with Crippen molar-refractivity contribution in [1.82, 2.24) is 5.32 Å². The van der Waals surface area contributed by atoms with Crippen molar-refractivity contribution < 1.29 is 0 Å². The van der Waals surface area contributed by atoms with Crippen LogP contribution in [0.4, 0.5) is 0 Å². The van der Waals surface area contributed by atoms with Crippen LogP contribution in [0.5, 0.6) is 0 Å². The molecule has 1 rings (SSSR count). The van der Waals surface area contributed by atoms with E-state index in [0.29, 0.717) is 0 Å². The third kappa shape index (κ3) is 4.05. The van der Waals surface area contributed by atoms with Crippen LogP contribution in [0.1, 0.15) is 39.5 Å². The molecule has 84 valence electrons. The first-order chi connectivity index (χ1) is 6.75. The quantitative estimate of drug-likeness (QED) is 0.450. The van der Waals surface area contributed by atoms with Gasteiger partial charge in [0.2, 0.25) is 0 Å². The van der Waals surface area contributed by atoms with E-state index in [1.165, 1.54) is 43.2 Å². The fraction of sp³-hybridized carbons (Fsp3) is 1.00. The molecule has 0 spiro atoms. The molecule has 0 aromatic heterocycles. The highest BCUT2D eigenvalue weighted by atomic mass is 127. The highest BCUT2D eigenvalue weighted by molar-refractivity contribution is 14.1. The number of rotatable bonds is 6. The van der Waals surface area contributed by atoms with Gasteiger partial charge in [0.1, 0.15) is 0 Å². The molecule has 1 atom stereocenters. The Labute approximate surface area is 103 Å². The summed E-state index contributed by atoms with van der Waals surface area (Å²) in [5.41, 5.74) is 0. The number of alkyl halides is 1. The van der Waals surface area contributed by atoms with Gasteiger partial charge in [-0.25, -0.2) is 0 Å². The van der Waals surface area contributed by atoms with Crippen molar-refractivity contribution in [3.8, 4) is 0 Å². The molecular weight excluding hydrogens is 285 g/mol. The largest absolute Gasteiger partial charge is 0.316 e. The van der Waals surface area contributed by atoms with E-state index in [1.807, 2.05) is 0 Å². The van der Waals surface area contributed by atoms with Gasteiger partial charge in [-0.3, -0.25) is 0 Å². The van der Waals surface area contributed by atoms with Gasteiger partial charge in [-0.15, -0.1) is 0 Å². The maximum absolute atomic E-state index is 3.59. The summed E-state index contributed by atoms with van der Waals surface area (Å²) < 4.78 is 1.23. The summed E-state index contributed by atoms with van der Waals surface area (Å²) in [6, 6.07) is 0. The topological polar surface area (TPSA) is 12.0 Å². The molecule has 1 unspecified atom stereocenters. The lowest BCUT2D eigenvalue weighted by atomic mass is 9.82. The van der Waals surface area contributed by atoms with Crippen molar-refractivity contribution >= 4 is 22.6 Å². The van der Waals surface area contributed by atoms with Gasteiger partial charge in [0.05, 0.1) is 0 Å². The van der Waals surface area contributed by atoms with Crippen LogP contribution in [0.2, 0.25) is 0 Å². The number of hydrogen-bond acceptors (Lipinski definition) is 1. The zero-order valence-corrected chi connectivity index (χ0v) is 11.7. The average molecular weight is 309 g/mol. The Hall–Kier alpha value is 0.690. The van der Waals surface area contributed by atoms with Crippen molar-refractivity contribution in [3.63, 3.8) is 0 Å². The second-order valence-electron chi connectivity index (χ2n) is 4.85. The standard InChI is InChI=1S/C12H24IN/c1-10(2)12(9-14-8-7-13)11-5-3-4-6-11/h10-12,14H,3-9H2,1-2H3. The van der Waals surface area contributed by atoms with Crippen LogP contribution in [0, 0.1) is 17.8 Å². The molecule has 1 fully saturated rings. The molecule has 14 heavy (non-hydrogen) atoms. The molecule has 0 aliphatic heterocycles. The minimum Gasteiger partial charge on any atom is -0.316 e. The normalized spacial score (nSPS) is 20.6. The Balaban J connectivity index is 2.30. The summed E-state index contributed by atoms with van der Waals surface area (Å²) in [4.78, 5) is 0. The first kappa shape index (κ1) is 12.8. The van der Waals surface area contributed by atoms with E-state index < -0.39 is 0 Å². The lowest BCUT2D eigenvalue weighted by Gasteiger charge is -2.27. The van der Waals surface area contributed by atoms with Crippen LogP contribution in [-0.2, 0) is 0 Å². The summed E-state index contributed by atoms with van der Waals surface area (Å²) in [5.74, 6) is 2.77. The number of hydrogen-bond donors (Lipinski definition) is 1. The van der Waals surface area contributed by atoms with Gasteiger partial charge in [0.25, 0.3) is 0 Å². The molecule has 1 aliphatic carbocycles. The van der Waals surface area contributed by atoms with Crippen LogP contribution >= 0.6 is 22.6 Å². The van der Waals surface area contributed by atoms with E-state index in [1.54, 1.807) is 0 Å². The predicted octanol–water partition coefficient (Wildman–Crippen LogP) is 3.47. The average Bonchev–Trinajstić information content (AvgIpc) is 2.64. The second kappa shape index (κ2) is 7.04. The Morgan fingerprint density at radius 2 is 1.93 bits per heavy atom. The summed E-state index contributed by atoms with van der Waals surface area (Å²) in [5, 5.41) is 3.59. The summed E-state index contributed by atoms with van der Waals surface area (Å²) >= 11 is 2.44. The lowest BCUT2D eigenvalue weighted by Crippen LogP contribution is -2.31. The van der Waals surface area contributed by atoms with Crippen LogP contribution in [0.15, 0.2) is 0 Å². The van der Waals surface area contributed by atoms with E-state index in [4.69, 9.17) is 0 Å². The number of nitrogens with one attached hydrogen (secondary N) is 1. The predicted molar refractivity (Wildman–Crippen MR) is 72.0 cm³/mol. The van der Waals surface area contributed by atoms with Crippen LogP contribution in [0.3, 0.4) is 0 Å². The molecule has 0 aromatic rings. The van der Waals surface area contributed by atoms with E-state index in [0.717, 1.165) is 17.8 Å². The molecule has 1 nitrogen and oxygen atoms in total. The van der Waals surface area contributed by atoms with Crippen LogP contribution < -0.4 is 5.32 Å². The number of halogens is 1. The van der Waals surface area contributed by atoms with Gasteiger partial charge in [-0.05, 0) is 24.3 Å². The highest BCUT2D eigenvalue weighted by Gasteiger charge is 2.26. The molecule has 0 saturated heterocycles. The van der Waals surface area contributed by atoms with Crippen LogP contribution in [-0.4, -0.2) is 17.5 Å². The minimum atomic E-state index is 0.847. The van der Waals surface area contributed by atoms with E-state index in [-0.39, 0.29) is 0 Å².